The number of hydrogen-bond acceptors (Lipinski definition) is 5. The minimum Gasteiger partial charge on any atom is -0.374 e. The molecule has 0 aliphatic carbocycles. The highest BCUT2D eigenvalue weighted by atomic mass is 28.4. The quantitative estimate of drug-likeness (QED) is 0.0494. The summed E-state index contributed by atoms with van der Waals surface area (Å²) in [6, 6.07) is 0.699. The highest BCUT2D eigenvalue weighted by molar-refractivity contribution is 6.60. The van der Waals surface area contributed by atoms with Crippen LogP contribution < -0.4 is 5.32 Å². The zero-order valence-corrected chi connectivity index (χ0v) is 37.4. The summed E-state index contributed by atoms with van der Waals surface area (Å²) in [4.78, 5) is 28.0. The largest absolute Gasteiger partial charge is 0.500 e. The van der Waals surface area contributed by atoms with Crippen LogP contribution in [0.2, 0.25) is 6.04 Å². The van der Waals surface area contributed by atoms with E-state index in [4.69, 9.17) is 13.3 Å². The fourth-order valence-corrected chi connectivity index (χ4v) is 9.95. The van der Waals surface area contributed by atoms with Crippen LogP contribution in [0.4, 0.5) is 0 Å². The predicted octanol–water partition coefficient (Wildman–Crippen LogP) is 13.1. The normalized spacial score (nSPS) is 11.7. The lowest BCUT2D eigenvalue weighted by Gasteiger charge is -2.30. The van der Waals surface area contributed by atoms with Gasteiger partial charge in [-0.3, -0.25) is 9.59 Å². The van der Waals surface area contributed by atoms with Gasteiger partial charge in [-0.1, -0.05) is 181 Å². The number of unbranched alkanes of at least 4 members (excludes halogenated alkanes) is 26. The van der Waals surface area contributed by atoms with Gasteiger partial charge in [0.15, 0.2) is 0 Å². The molecule has 8 heteroatoms. The van der Waals surface area contributed by atoms with Crippen molar-refractivity contribution in [3.63, 3.8) is 0 Å². The van der Waals surface area contributed by atoms with Crippen LogP contribution >= 0.6 is 0 Å². The summed E-state index contributed by atoms with van der Waals surface area (Å²) >= 11 is 0. The van der Waals surface area contributed by atoms with Gasteiger partial charge in [0.25, 0.3) is 0 Å². The fraction of sp³-hybridized carbons (Fsp3) is 0.956. The Morgan fingerprint density at radius 1 is 0.434 bits per heavy atom. The second-order valence-electron chi connectivity index (χ2n) is 15.5. The van der Waals surface area contributed by atoms with Gasteiger partial charge in [-0.05, 0) is 40.0 Å². The van der Waals surface area contributed by atoms with Crippen LogP contribution in [0.25, 0.3) is 0 Å². The van der Waals surface area contributed by atoms with Gasteiger partial charge in [0, 0.05) is 58.3 Å². The molecule has 0 atom stereocenters. The van der Waals surface area contributed by atoms with Crippen molar-refractivity contribution in [2.24, 2.45) is 0 Å². The van der Waals surface area contributed by atoms with Crippen LogP contribution in [-0.4, -0.2) is 65.0 Å². The van der Waals surface area contributed by atoms with E-state index in [1.807, 2.05) is 25.7 Å². The Labute approximate surface area is 332 Å². The molecule has 0 aliphatic rings. The van der Waals surface area contributed by atoms with Gasteiger partial charge in [-0.25, -0.2) is 0 Å². The van der Waals surface area contributed by atoms with Gasteiger partial charge in [-0.15, -0.1) is 0 Å². The van der Waals surface area contributed by atoms with E-state index < -0.39 is 8.80 Å². The maximum absolute atomic E-state index is 13.4. The summed E-state index contributed by atoms with van der Waals surface area (Å²) in [5, 5.41) is 3.07. The third kappa shape index (κ3) is 34.0. The van der Waals surface area contributed by atoms with Gasteiger partial charge in [0.05, 0.1) is 0 Å². The number of hydrogen-bond donors (Lipinski definition) is 1. The van der Waals surface area contributed by atoms with Crippen LogP contribution in [0.5, 0.6) is 0 Å². The first kappa shape index (κ1) is 52.0. The second kappa shape index (κ2) is 40.7. The molecule has 0 bridgehead atoms. The van der Waals surface area contributed by atoms with Gasteiger partial charge in [0.2, 0.25) is 11.8 Å². The number of amides is 2. The molecule has 1 N–H and O–H groups in total. The molecule has 53 heavy (non-hydrogen) atoms. The number of carbonyl (C=O) groups is 2. The lowest BCUT2D eigenvalue weighted by atomic mass is 10.0. The molecule has 0 radical (unpaired) electrons. The van der Waals surface area contributed by atoms with E-state index in [0.717, 1.165) is 32.2 Å². The van der Waals surface area contributed by atoms with E-state index in [-0.39, 0.29) is 24.7 Å². The van der Waals surface area contributed by atoms with Gasteiger partial charge < -0.3 is 23.5 Å². The molecular formula is C45H92N2O5Si. The molecule has 0 fully saturated rings. The molecule has 7 nitrogen and oxygen atoms in total. The van der Waals surface area contributed by atoms with Crippen molar-refractivity contribution >= 4 is 20.6 Å². The average Bonchev–Trinajstić information content (AvgIpc) is 3.15. The molecule has 0 spiro atoms. The topological polar surface area (TPSA) is 77.1 Å². The zero-order valence-electron chi connectivity index (χ0n) is 36.4. The van der Waals surface area contributed by atoms with E-state index in [1.54, 1.807) is 0 Å². The highest BCUT2D eigenvalue weighted by Crippen LogP contribution is 2.20. The summed E-state index contributed by atoms with van der Waals surface area (Å²) < 4.78 is 18.2. The molecule has 0 aliphatic heterocycles. The van der Waals surface area contributed by atoms with E-state index in [0.29, 0.717) is 39.0 Å². The zero-order chi connectivity index (χ0) is 38.9. The fourth-order valence-electron chi connectivity index (χ4n) is 7.36. The van der Waals surface area contributed by atoms with E-state index in [9.17, 15) is 9.59 Å². The molecule has 316 valence electrons. The van der Waals surface area contributed by atoms with Crippen molar-refractivity contribution in [1.29, 1.82) is 0 Å². The SMILES string of the molecule is CCCCCCCCCCCCCCCCNC(=O)CCC(=O)N(CCCCCCCCCCCCCCCC)CCC[Si](OCC)(OCC)OCC. The standard InChI is InChI=1S/C45H92N2O5Si/c1-6-11-13-15-17-19-21-23-25-27-29-31-33-35-40-46-44(48)38-39-45(49)47(42-37-43-53(50-8-3,51-9-4)52-10-5)41-36-34-32-30-28-26-24-22-20-18-16-14-12-7-2/h6-43H2,1-5H3,(H,46,48). The van der Waals surface area contributed by atoms with E-state index in [1.165, 1.54) is 161 Å². The molecule has 0 aromatic heterocycles. The molecule has 2 amide bonds. The molecule has 0 rings (SSSR count). The maximum atomic E-state index is 13.4. The lowest BCUT2D eigenvalue weighted by molar-refractivity contribution is -0.133. The second-order valence-corrected chi connectivity index (χ2v) is 18.2. The first-order chi connectivity index (χ1) is 26.0. The third-order valence-corrected chi connectivity index (χ3v) is 13.7. The van der Waals surface area contributed by atoms with Crippen LogP contribution in [0.3, 0.4) is 0 Å². The van der Waals surface area contributed by atoms with Crippen molar-refractivity contribution in [1.82, 2.24) is 10.2 Å². The highest BCUT2D eigenvalue weighted by Gasteiger charge is 2.39. The predicted molar refractivity (Wildman–Crippen MR) is 230 cm³/mol. The summed E-state index contributed by atoms with van der Waals surface area (Å²) in [7, 11) is -2.75. The van der Waals surface area contributed by atoms with Crippen molar-refractivity contribution in [2.75, 3.05) is 39.5 Å². The summed E-state index contributed by atoms with van der Waals surface area (Å²) in [5.41, 5.74) is 0. The molecule has 0 saturated heterocycles. The smallest absolute Gasteiger partial charge is 0.374 e. The van der Waals surface area contributed by atoms with Crippen LogP contribution in [-0.2, 0) is 22.9 Å². The molecule has 0 aromatic carbocycles. The van der Waals surface area contributed by atoms with Gasteiger partial charge >= 0.3 is 8.80 Å². The first-order valence-corrected chi connectivity index (χ1v) is 25.4. The Kier molecular flexibility index (Phi) is 40.0. The third-order valence-electron chi connectivity index (χ3n) is 10.6. The number of nitrogens with zero attached hydrogens (tertiary/aromatic N) is 1. The van der Waals surface area contributed by atoms with E-state index >= 15 is 0 Å². The Hall–Kier alpha value is -0.963. The monoisotopic (exact) mass is 769 g/mol. The van der Waals surface area contributed by atoms with Crippen molar-refractivity contribution in [3.05, 3.63) is 0 Å². The Morgan fingerprint density at radius 3 is 1.15 bits per heavy atom. The Bertz CT molecular complexity index is 769. The summed E-state index contributed by atoms with van der Waals surface area (Å²) in [6.45, 7) is 14.3. The lowest BCUT2D eigenvalue weighted by Crippen LogP contribution is -2.46. The van der Waals surface area contributed by atoms with Crippen molar-refractivity contribution < 1.29 is 22.9 Å². The van der Waals surface area contributed by atoms with Crippen LogP contribution in [0.1, 0.15) is 234 Å². The maximum Gasteiger partial charge on any atom is 0.500 e. The minimum absolute atomic E-state index is 0.0000473. The van der Waals surface area contributed by atoms with Crippen LogP contribution in [0.15, 0.2) is 0 Å². The van der Waals surface area contributed by atoms with Crippen LogP contribution in [0, 0.1) is 0 Å². The number of nitrogens with one attached hydrogen (secondary N) is 1. The molecule has 0 aromatic rings. The van der Waals surface area contributed by atoms with Crippen molar-refractivity contribution in [3.8, 4) is 0 Å². The molecular weight excluding hydrogens is 677 g/mol. The summed E-state index contributed by atoms with van der Waals surface area (Å²) in [5.74, 6) is 0.0859. The molecule has 0 heterocycles. The van der Waals surface area contributed by atoms with E-state index in [2.05, 4.69) is 19.2 Å². The first-order valence-electron chi connectivity index (χ1n) is 23.4. The Balaban J connectivity index is 4.42. The Morgan fingerprint density at radius 2 is 0.774 bits per heavy atom. The van der Waals surface area contributed by atoms with Crippen molar-refractivity contribution in [2.45, 2.75) is 240 Å². The average molecular weight is 769 g/mol. The van der Waals surface area contributed by atoms with Gasteiger partial charge in [-0.2, -0.15) is 0 Å². The number of rotatable bonds is 43. The van der Waals surface area contributed by atoms with Gasteiger partial charge in [0.1, 0.15) is 0 Å². The molecule has 0 unspecified atom stereocenters. The minimum atomic E-state index is -2.75. The summed E-state index contributed by atoms with van der Waals surface area (Å²) in [6.07, 6.45) is 38.4. The number of carbonyl (C=O) groups excluding carboxylic acids is 2. The molecule has 0 saturated carbocycles.